The number of nitrogens with zero attached hydrogens (tertiary/aromatic N) is 2. The van der Waals surface area contributed by atoms with E-state index < -0.39 is 22.2 Å². The van der Waals surface area contributed by atoms with Crippen molar-refractivity contribution < 1.29 is 17.4 Å². The predicted molar refractivity (Wildman–Crippen MR) is 120 cm³/mol. The molecule has 2 aromatic rings. The van der Waals surface area contributed by atoms with E-state index in [1.807, 2.05) is 0 Å². The fraction of sp³-hybridized carbons (Fsp3) is 0.500. The Morgan fingerprint density at radius 1 is 0.935 bits per heavy atom. The average molecular weight is 453 g/mol. The van der Waals surface area contributed by atoms with Gasteiger partial charge in [0.2, 0.25) is 0 Å². The largest absolute Gasteiger partial charge is 0.299 e. The number of benzene rings is 2. The topological polar surface area (TPSA) is 23.6 Å². The SMILES string of the molecule is CC(F)CN1[C@H](C)CN(CCS(=O)C(c2ccc(F)cc2)c2ccc(F)cc2)C[C@@H]1C. The molecule has 1 aliphatic heterocycles. The molecule has 3 nitrogen and oxygen atoms in total. The van der Waals surface area contributed by atoms with Gasteiger partial charge in [0.1, 0.15) is 17.8 Å². The Balaban J connectivity index is 1.70. The second kappa shape index (κ2) is 10.7. The third-order valence-corrected chi connectivity index (χ3v) is 7.51. The summed E-state index contributed by atoms with van der Waals surface area (Å²) in [6, 6.07) is 12.4. The average Bonchev–Trinajstić information content (AvgIpc) is 2.72. The van der Waals surface area contributed by atoms with Crippen LogP contribution in [0, 0.1) is 11.6 Å². The molecule has 0 radical (unpaired) electrons. The Kier molecular flexibility index (Phi) is 8.30. The summed E-state index contributed by atoms with van der Waals surface area (Å²) in [6.45, 7) is 8.46. The van der Waals surface area contributed by atoms with Crippen LogP contribution >= 0.6 is 0 Å². The number of halogens is 3. The Morgan fingerprint density at radius 2 is 1.39 bits per heavy atom. The van der Waals surface area contributed by atoms with Crippen LogP contribution < -0.4 is 0 Å². The molecule has 0 aliphatic carbocycles. The molecule has 1 fully saturated rings. The van der Waals surface area contributed by atoms with Crippen LogP contribution in [-0.2, 0) is 10.8 Å². The standard InChI is InChI=1S/C24H31F3N2OS/c1-17(25)14-29-18(2)15-28(16-19(29)3)12-13-31(30)24(20-4-8-22(26)9-5-20)21-6-10-23(27)11-7-21/h4-11,17-19,24H,12-16H2,1-3H3/t17?,18-,19+,31?. The predicted octanol–water partition coefficient (Wildman–Crippen LogP) is 4.56. The monoisotopic (exact) mass is 452 g/mol. The van der Waals surface area contributed by atoms with Gasteiger partial charge in [-0.25, -0.2) is 13.2 Å². The number of alkyl halides is 1. The Hall–Kier alpha value is -1.70. The first-order chi connectivity index (χ1) is 14.7. The number of piperazine rings is 1. The van der Waals surface area contributed by atoms with E-state index in [0.29, 0.717) is 18.8 Å². The molecule has 0 saturated carbocycles. The van der Waals surface area contributed by atoms with Crippen LogP contribution in [0.4, 0.5) is 13.2 Å². The zero-order valence-corrected chi connectivity index (χ0v) is 19.1. The zero-order valence-electron chi connectivity index (χ0n) is 18.3. The molecule has 2 unspecified atom stereocenters. The minimum Gasteiger partial charge on any atom is -0.299 e. The minimum atomic E-state index is -1.28. The van der Waals surface area contributed by atoms with Crippen LogP contribution in [0.25, 0.3) is 0 Å². The third-order valence-electron chi connectivity index (χ3n) is 5.86. The molecule has 0 bridgehead atoms. The second-order valence-corrected chi connectivity index (χ2v) is 10.1. The summed E-state index contributed by atoms with van der Waals surface area (Å²) in [5.41, 5.74) is 1.49. The molecule has 4 atom stereocenters. The number of rotatable bonds is 8. The first kappa shape index (κ1) is 24.0. The van der Waals surface area contributed by atoms with E-state index in [4.69, 9.17) is 0 Å². The van der Waals surface area contributed by atoms with Crippen LogP contribution in [0.15, 0.2) is 48.5 Å². The van der Waals surface area contributed by atoms with E-state index in [1.165, 1.54) is 24.3 Å². The van der Waals surface area contributed by atoms with Crippen LogP contribution in [0.3, 0.4) is 0 Å². The molecule has 0 aromatic heterocycles. The summed E-state index contributed by atoms with van der Waals surface area (Å²) >= 11 is 0. The normalized spacial score (nSPS) is 22.5. The molecule has 2 aromatic carbocycles. The van der Waals surface area contributed by atoms with E-state index in [1.54, 1.807) is 31.2 Å². The molecule has 7 heteroatoms. The maximum atomic E-state index is 13.5. The highest BCUT2D eigenvalue weighted by atomic mass is 32.2. The van der Waals surface area contributed by atoms with Crippen LogP contribution in [-0.4, -0.2) is 64.2 Å². The summed E-state index contributed by atoms with van der Waals surface area (Å²) in [5, 5.41) is -0.454. The Bertz CT molecular complexity index is 803. The van der Waals surface area contributed by atoms with Gasteiger partial charge in [0.25, 0.3) is 0 Å². The van der Waals surface area contributed by atoms with Crippen molar-refractivity contribution in [3.8, 4) is 0 Å². The lowest BCUT2D eigenvalue weighted by atomic mass is 10.0. The van der Waals surface area contributed by atoms with Crippen LogP contribution in [0.1, 0.15) is 37.1 Å². The van der Waals surface area contributed by atoms with Gasteiger partial charge in [-0.05, 0) is 56.2 Å². The molecule has 170 valence electrons. The van der Waals surface area contributed by atoms with Gasteiger partial charge in [0, 0.05) is 54.8 Å². The van der Waals surface area contributed by atoms with Gasteiger partial charge < -0.3 is 0 Å². The van der Waals surface area contributed by atoms with Crippen molar-refractivity contribution in [2.24, 2.45) is 0 Å². The summed E-state index contributed by atoms with van der Waals surface area (Å²) in [6.07, 6.45) is -0.865. The summed E-state index contributed by atoms with van der Waals surface area (Å²) in [4.78, 5) is 4.47. The van der Waals surface area contributed by atoms with Gasteiger partial charge in [0.05, 0.1) is 5.25 Å². The fourth-order valence-corrected chi connectivity index (χ4v) is 6.00. The summed E-state index contributed by atoms with van der Waals surface area (Å²) < 4.78 is 53.7. The third kappa shape index (κ3) is 6.40. The smallest absolute Gasteiger partial charge is 0.123 e. The van der Waals surface area contributed by atoms with E-state index >= 15 is 0 Å². The van der Waals surface area contributed by atoms with Crippen molar-refractivity contribution in [3.05, 3.63) is 71.3 Å². The lowest BCUT2D eigenvalue weighted by molar-refractivity contribution is 0.0270. The maximum Gasteiger partial charge on any atom is 0.123 e. The number of hydrogen-bond donors (Lipinski definition) is 0. The first-order valence-corrected chi connectivity index (χ1v) is 12.1. The lowest BCUT2D eigenvalue weighted by Gasteiger charge is -2.44. The van der Waals surface area contributed by atoms with Gasteiger partial charge in [-0.15, -0.1) is 0 Å². The molecular weight excluding hydrogens is 421 g/mol. The molecule has 0 amide bonds. The molecule has 31 heavy (non-hydrogen) atoms. The Morgan fingerprint density at radius 3 is 1.81 bits per heavy atom. The molecule has 0 N–H and O–H groups in total. The Labute approximate surface area is 185 Å². The van der Waals surface area contributed by atoms with Crippen molar-refractivity contribution in [1.82, 2.24) is 9.80 Å². The lowest BCUT2D eigenvalue weighted by Crippen LogP contribution is -2.58. The zero-order chi connectivity index (χ0) is 22.5. The minimum absolute atomic E-state index is 0.223. The van der Waals surface area contributed by atoms with Crippen LogP contribution in [0.5, 0.6) is 0 Å². The van der Waals surface area contributed by atoms with Gasteiger partial charge in [-0.3, -0.25) is 14.0 Å². The highest BCUT2D eigenvalue weighted by Gasteiger charge is 2.31. The van der Waals surface area contributed by atoms with Crippen molar-refractivity contribution >= 4 is 10.8 Å². The van der Waals surface area contributed by atoms with Crippen molar-refractivity contribution in [1.29, 1.82) is 0 Å². The van der Waals surface area contributed by atoms with E-state index in [-0.39, 0.29) is 23.7 Å². The molecule has 3 rings (SSSR count). The van der Waals surface area contributed by atoms with Gasteiger partial charge in [-0.1, -0.05) is 24.3 Å². The molecule has 1 heterocycles. The fourth-order valence-electron chi connectivity index (χ4n) is 4.41. The van der Waals surface area contributed by atoms with Gasteiger partial charge in [0.15, 0.2) is 0 Å². The molecule has 0 spiro atoms. The summed E-state index contributed by atoms with van der Waals surface area (Å²) in [7, 11) is -1.28. The van der Waals surface area contributed by atoms with Gasteiger partial charge in [-0.2, -0.15) is 0 Å². The maximum absolute atomic E-state index is 13.5. The summed E-state index contributed by atoms with van der Waals surface area (Å²) in [5.74, 6) is -0.259. The van der Waals surface area contributed by atoms with E-state index in [2.05, 4.69) is 23.6 Å². The molecule has 1 aliphatic rings. The first-order valence-electron chi connectivity index (χ1n) is 10.7. The van der Waals surface area contributed by atoms with Crippen LogP contribution in [0.2, 0.25) is 0 Å². The van der Waals surface area contributed by atoms with Crippen molar-refractivity contribution in [2.75, 3.05) is 31.9 Å². The second-order valence-electron chi connectivity index (χ2n) is 8.50. The van der Waals surface area contributed by atoms with E-state index in [0.717, 1.165) is 24.2 Å². The van der Waals surface area contributed by atoms with Gasteiger partial charge >= 0.3 is 0 Å². The molecule has 1 saturated heterocycles. The highest BCUT2D eigenvalue weighted by Crippen LogP contribution is 2.29. The number of hydrogen-bond acceptors (Lipinski definition) is 3. The van der Waals surface area contributed by atoms with E-state index in [9.17, 15) is 17.4 Å². The molecular formula is C24H31F3N2OS. The van der Waals surface area contributed by atoms with Crippen molar-refractivity contribution in [2.45, 2.75) is 44.3 Å². The van der Waals surface area contributed by atoms with Crippen molar-refractivity contribution in [3.63, 3.8) is 0 Å². The quantitative estimate of drug-likeness (QED) is 0.587. The highest BCUT2D eigenvalue weighted by molar-refractivity contribution is 7.85.